The van der Waals surface area contributed by atoms with Gasteiger partial charge in [0.1, 0.15) is 12.4 Å². The number of amides is 1. The number of fused-ring (bicyclic) bond motifs is 1. The first-order valence-corrected chi connectivity index (χ1v) is 14.5. The van der Waals surface area contributed by atoms with Gasteiger partial charge in [-0.1, -0.05) is 25.1 Å². The van der Waals surface area contributed by atoms with E-state index in [0.29, 0.717) is 30.2 Å². The molecule has 192 valence electrons. The second-order valence-corrected chi connectivity index (χ2v) is 10.8. The van der Waals surface area contributed by atoms with Gasteiger partial charge in [0, 0.05) is 29.2 Å². The smallest absolute Gasteiger partial charge is 0.243 e. The number of hydrogen-bond acceptors (Lipinski definition) is 7. The van der Waals surface area contributed by atoms with Crippen LogP contribution in [0.2, 0.25) is 0 Å². The lowest BCUT2D eigenvalue weighted by molar-refractivity contribution is -0.109. The number of carbonyl (C=O) groups excluding carboxylic acids is 1. The number of sulfonamides is 1. The molecule has 2 aromatic carbocycles. The highest BCUT2D eigenvalue weighted by molar-refractivity contribution is 8.11. The molecular weight excluding hydrogens is 496 g/mol. The summed E-state index contributed by atoms with van der Waals surface area (Å²) in [5.41, 5.74) is 6.61. The maximum Gasteiger partial charge on any atom is 0.243 e. The first-order valence-electron chi connectivity index (χ1n) is 11.7. The number of benzene rings is 2. The first kappa shape index (κ1) is 27.6. The van der Waals surface area contributed by atoms with Crippen LogP contribution >= 0.6 is 11.8 Å². The minimum Gasteiger partial charge on any atom is -0.489 e. The molecule has 1 amide bonds. The Hall–Kier alpha value is -2.95. The zero-order valence-electron chi connectivity index (χ0n) is 20.8. The number of rotatable bonds is 9. The third kappa shape index (κ3) is 7.05. The average molecular weight is 529 g/mol. The average Bonchev–Trinajstić information content (AvgIpc) is 3.38. The van der Waals surface area contributed by atoms with E-state index in [1.807, 2.05) is 50.4 Å². The van der Waals surface area contributed by atoms with Crippen LogP contribution < -0.4 is 10.2 Å². The van der Waals surface area contributed by atoms with Gasteiger partial charge in [-0.15, -0.1) is 11.8 Å². The Labute approximate surface area is 217 Å². The predicted molar refractivity (Wildman–Crippen MR) is 146 cm³/mol. The number of para-hydroxylation sites is 1. The molecule has 1 saturated heterocycles. The lowest BCUT2D eigenvalue weighted by Gasteiger charge is -2.23. The first-order chi connectivity index (χ1) is 17.4. The van der Waals surface area contributed by atoms with Gasteiger partial charge in [-0.3, -0.25) is 9.78 Å². The summed E-state index contributed by atoms with van der Waals surface area (Å²) in [7, 11) is -3.45. The van der Waals surface area contributed by atoms with Gasteiger partial charge in [-0.05, 0) is 68.8 Å². The molecule has 3 aromatic rings. The standard InChI is InChI=1S/C23H26N2O3S.C3H6N2OS/c1-3-19-7-6-14-25(19)29(26,27)21-12-10-20(11-13-21)28-16-18-15-17(2)24-23-9-5-4-8-22(18)23;1-7-3-5-4-2-6/h4-5,8-13,15,19H,3,6-7,14,16H2,1-2H3;2-3H,1H3,(H,4,6)/b;5-3-. The molecule has 1 N–H and O–H groups in total. The molecule has 0 saturated carbocycles. The monoisotopic (exact) mass is 528 g/mol. The van der Waals surface area contributed by atoms with Crippen molar-refractivity contribution in [2.75, 3.05) is 12.8 Å². The maximum absolute atomic E-state index is 13.0. The molecule has 2 heterocycles. The summed E-state index contributed by atoms with van der Waals surface area (Å²) in [6, 6.07) is 16.9. The molecule has 1 aliphatic rings. The quantitative estimate of drug-likeness (QED) is 0.187. The number of nitrogens with zero attached hydrogens (tertiary/aromatic N) is 3. The van der Waals surface area contributed by atoms with E-state index in [-0.39, 0.29) is 6.04 Å². The molecule has 0 aliphatic carbocycles. The van der Waals surface area contributed by atoms with E-state index in [1.54, 1.807) is 28.6 Å². The lowest BCUT2D eigenvalue weighted by atomic mass is 10.1. The number of aromatic nitrogens is 1. The van der Waals surface area contributed by atoms with Gasteiger partial charge in [0.25, 0.3) is 0 Å². The topological polar surface area (TPSA) is 101 Å². The van der Waals surface area contributed by atoms with Crippen LogP contribution in [0.25, 0.3) is 10.9 Å². The Morgan fingerprint density at radius 3 is 2.67 bits per heavy atom. The highest BCUT2D eigenvalue weighted by Crippen LogP contribution is 2.29. The van der Waals surface area contributed by atoms with Gasteiger partial charge in [0.05, 0.1) is 16.0 Å². The van der Waals surface area contributed by atoms with E-state index < -0.39 is 10.0 Å². The predicted octanol–water partition coefficient (Wildman–Crippen LogP) is 4.72. The lowest BCUT2D eigenvalue weighted by Crippen LogP contribution is -2.35. The van der Waals surface area contributed by atoms with Crippen molar-refractivity contribution in [3.63, 3.8) is 0 Å². The van der Waals surface area contributed by atoms with Gasteiger partial charge in [0.15, 0.2) is 0 Å². The zero-order valence-corrected chi connectivity index (χ0v) is 22.4. The van der Waals surface area contributed by atoms with Gasteiger partial charge in [-0.2, -0.15) is 9.41 Å². The fourth-order valence-corrected chi connectivity index (χ4v) is 6.10. The normalized spacial score (nSPS) is 16.0. The van der Waals surface area contributed by atoms with E-state index in [0.717, 1.165) is 41.4 Å². The highest BCUT2D eigenvalue weighted by Gasteiger charge is 2.34. The fraction of sp³-hybridized carbons (Fsp3) is 0.346. The second kappa shape index (κ2) is 13.4. The van der Waals surface area contributed by atoms with Crippen LogP contribution in [0.15, 0.2) is 64.6 Å². The Kier molecular flexibility index (Phi) is 10.3. The molecule has 0 spiro atoms. The minimum atomic E-state index is -3.45. The summed E-state index contributed by atoms with van der Waals surface area (Å²) < 4.78 is 33.5. The number of pyridine rings is 1. The number of aryl methyl sites for hydroxylation is 1. The van der Waals surface area contributed by atoms with E-state index >= 15 is 0 Å². The number of carbonyl (C=O) groups is 1. The number of ether oxygens (including phenoxy) is 1. The van der Waals surface area contributed by atoms with E-state index in [4.69, 9.17) is 4.74 Å². The second-order valence-electron chi connectivity index (χ2n) is 8.24. The van der Waals surface area contributed by atoms with Gasteiger partial charge in [-0.25, -0.2) is 13.8 Å². The van der Waals surface area contributed by atoms with Crippen LogP contribution in [0.3, 0.4) is 0 Å². The number of nitrogens with one attached hydrogen (secondary N) is 1. The third-order valence-corrected chi connectivity index (χ3v) is 8.12. The largest absolute Gasteiger partial charge is 0.489 e. The van der Waals surface area contributed by atoms with Gasteiger partial charge in [0.2, 0.25) is 16.4 Å². The van der Waals surface area contributed by atoms with E-state index in [9.17, 15) is 13.2 Å². The Morgan fingerprint density at radius 2 is 1.97 bits per heavy atom. The molecule has 36 heavy (non-hydrogen) atoms. The van der Waals surface area contributed by atoms with Crippen molar-refractivity contribution in [3.05, 3.63) is 65.9 Å². The summed E-state index contributed by atoms with van der Waals surface area (Å²) in [6.07, 6.45) is 5.09. The van der Waals surface area contributed by atoms with Crippen molar-refractivity contribution in [2.24, 2.45) is 5.10 Å². The van der Waals surface area contributed by atoms with Crippen molar-refractivity contribution in [1.29, 1.82) is 0 Å². The van der Waals surface area contributed by atoms with Gasteiger partial charge >= 0.3 is 0 Å². The number of thioether (sulfide) groups is 1. The molecule has 4 rings (SSSR count). The Balaban J connectivity index is 0.000000454. The third-order valence-electron chi connectivity index (χ3n) is 5.83. The summed E-state index contributed by atoms with van der Waals surface area (Å²) in [4.78, 5) is 14.3. The van der Waals surface area contributed by atoms with Crippen LogP contribution in [0, 0.1) is 6.92 Å². The van der Waals surface area contributed by atoms with Crippen molar-refractivity contribution in [1.82, 2.24) is 14.7 Å². The van der Waals surface area contributed by atoms with Crippen molar-refractivity contribution in [3.8, 4) is 5.75 Å². The van der Waals surface area contributed by atoms with Crippen LogP contribution in [-0.4, -0.2) is 48.5 Å². The molecular formula is C26H32N4O4S2. The molecule has 10 heteroatoms. The molecule has 1 fully saturated rings. The zero-order chi connectivity index (χ0) is 26.0. The van der Waals surface area contributed by atoms with E-state index in [2.05, 4.69) is 15.5 Å². The fourth-order valence-electron chi connectivity index (χ4n) is 4.17. The molecule has 0 bridgehead atoms. The summed E-state index contributed by atoms with van der Waals surface area (Å²) in [5, 5.41) is 4.49. The highest BCUT2D eigenvalue weighted by atomic mass is 32.2. The Bertz CT molecular complexity index is 1280. The summed E-state index contributed by atoms with van der Waals surface area (Å²) in [5.74, 6) is 0.649. The Morgan fingerprint density at radius 1 is 1.22 bits per heavy atom. The summed E-state index contributed by atoms with van der Waals surface area (Å²) in [6.45, 7) is 5.02. The number of hydrazone groups is 1. The SMILES string of the molecule is CCC1CCCN1S(=O)(=O)c1ccc(OCc2cc(C)nc3ccccc23)cc1.CS/C=N\NC=O. The molecule has 1 aliphatic heterocycles. The van der Waals surface area contributed by atoms with Crippen molar-refractivity contribution < 1.29 is 17.9 Å². The van der Waals surface area contributed by atoms with E-state index in [1.165, 1.54) is 17.3 Å². The summed E-state index contributed by atoms with van der Waals surface area (Å²) >= 11 is 1.43. The minimum absolute atomic E-state index is 0.110. The molecule has 8 nitrogen and oxygen atoms in total. The molecule has 1 unspecified atom stereocenters. The molecule has 1 aromatic heterocycles. The van der Waals surface area contributed by atoms with Crippen LogP contribution in [0.4, 0.5) is 0 Å². The maximum atomic E-state index is 13.0. The number of hydrogen-bond donors (Lipinski definition) is 1. The van der Waals surface area contributed by atoms with Crippen LogP contribution in [-0.2, 0) is 21.4 Å². The van der Waals surface area contributed by atoms with Crippen molar-refractivity contribution >= 4 is 44.6 Å². The van der Waals surface area contributed by atoms with Crippen molar-refractivity contribution in [2.45, 2.75) is 50.7 Å². The van der Waals surface area contributed by atoms with Gasteiger partial charge < -0.3 is 4.74 Å². The van der Waals surface area contributed by atoms with Crippen LogP contribution in [0.1, 0.15) is 37.4 Å². The molecule has 0 radical (unpaired) electrons. The molecule has 1 atom stereocenters. The van der Waals surface area contributed by atoms with Crippen LogP contribution in [0.5, 0.6) is 5.75 Å².